The minimum atomic E-state index is -3.88. The second-order valence-corrected chi connectivity index (χ2v) is 10.2. The molecule has 1 saturated heterocycles. The zero-order valence-electron chi connectivity index (χ0n) is 19.5. The predicted octanol–water partition coefficient (Wildman–Crippen LogP) is 3.97. The van der Waals surface area contributed by atoms with Crippen LogP contribution in [0.2, 0.25) is 0 Å². The molecule has 0 unspecified atom stereocenters. The minimum absolute atomic E-state index is 0.00516. The standard InChI is InChI=1S/C25H26N4O5S/c1-18-7-10-20(11-8-18)26-35(33,34)21-12-9-19(2)22(17-21)25(30)28-15-13-27(14-16-28)23-5-3-4-6-24(23)29(31)32/h3-12,17,26H,13-16H2,1-2H3. The zero-order chi connectivity index (χ0) is 25.2. The van der Waals surface area contributed by atoms with E-state index in [0.29, 0.717) is 48.7 Å². The molecule has 0 aliphatic carbocycles. The summed E-state index contributed by atoms with van der Waals surface area (Å²) in [4.78, 5) is 27.8. The first-order chi connectivity index (χ1) is 16.7. The van der Waals surface area contributed by atoms with Gasteiger partial charge in [-0.15, -0.1) is 0 Å². The Hall–Kier alpha value is -3.92. The molecule has 1 aliphatic heterocycles. The number of aryl methyl sites for hydroxylation is 2. The van der Waals surface area contributed by atoms with Crippen LogP contribution < -0.4 is 9.62 Å². The Balaban J connectivity index is 1.50. The van der Waals surface area contributed by atoms with Gasteiger partial charge in [0.05, 0.1) is 9.82 Å². The van der Waals surface area contributed by atoms with Crippen molar-refractivity contribution in [2.75, 3.05) is 35.8 Å². The van der Waals surface area contributed by atoms with E-state index >= 15 is 0 Å². The highest BCUT2D eigenvalue weighted by Gasteiger charge is 2.27. The average Bonchev–Trinajstić information content (AvgIpc) is 2.85. The summed E-state index contributed by atoms with van der Waals surface area (Å²) < 4.78 is 28.4. The van der Waals surface area contributed by atoms with Crippen LogP contribution in [0, 0.1) is 24.0 Å². The van der Waals surface area contributed by atoms with Gasteiger partial charge in [0, 0.05) is 43.5 Å². The molecule has 3 aromatic carbocycles. The third kappa shape index (κ3) is 5.27. The number of hydrogen-bond donors (Lipinski definition) is 1. The van der Waals surface area contributed by atoms with Crippen LogP contribution in [-0.4, -0.2) is 50.3 Å². The number of carbonyl (C=O) groups excluding carboxylic acids is 1. The summed E-state index contributed by atoms with van der Waals surface area (Å²) in [7, 11) is -3.88. The lowest BCUT2D eigenvalue weighted by atomic mass is 10.1. The van der Waals surface area contributed by atoms with Crippen molar-refractivity contribution in [3.63, 3.8) is 0 Å². The Bertz CT molecular complexity index is 1360. The van der Waals surface area contributed by atoms with Crippen molar-refractivity contribution in [2.45, 2.75) is 18.7 Å². The van der Waals surface area contributed by atoms with Crippen LogP contribution in [0.15, 0.2) is 71.6 Å². The van der Waals surface area contributed by atoms with Gasteiger partial charge in [-0.05, 0) is 49.7 Å². The van der Waals surface area contributed by atoms with E-state index in [0.717, 1.165) is 5.56 Å². The molecule has 0 atom stereocenters. The van der Waals surface area contributed by atoms with E-state index in [4.69, 9.17) is 0 Å². The summed E-state index contributed by atoms with van der Waals surface area (Å²) in [6.45, 7) is 5.27. The summed E-state index contributed by atoms with van der Waals surface area (Å²) in [5, 5.41) is 11.4. The molecule has 0 bridgehead atoms. The van der Waals surface area contributed by atoms with E-state index in [2.05, 4.69) is 4.72 Å². The number of nitro groups is 1. The van der Waals surface area contributed by atoms with E-state index in [1.807, 2.05) is 24.0 Å². The van der Waals surface area contributed by atoms with Gasteiger partial charge in [0.25, 0.3) is 21.6 Å². The fourth-order valence-electron chi connectivity index (χ4n) is 4.04. The van der Waals surface area contributed by atoms with Crippen molar-refractivity contribution in [1.29, 1.82) is 0 Å². The summed E-state index contributed by atoms with van der Waals surface area (Å²) in [5.41, 5.74) is 2.99. The molecule has 9 nitrogen and oxygen atoms in total. The molecule has 0 radical (unpaired) electrons. The van der Waals surface area contributed by atoms with Crippen molar-refractivity contribution in [2.24, 2.45) is 0 Å². The lowest BCUT2D eigenvalue weighted by molar-refractivity contribution is -0.384. The van der Waals surface area contributed by atoms with Gasteiger partial charge < -0.3 is 9.80 Å². The highest BCUT2D eigenvalue weighted by atomic mass is 32.2. The number of nitrogens with one attached hydrogen (secondary N) is 1. The number of para-hydroxylation sites is 2. The molecule has 1 fully saturated rings. The highest BCUT2D eigenvalue weighted by molar-refractivity contribution is 7.92. The Kier molecular flexibility index (Phi) is 6.74. The molecule has 1 heterocycles. The second-order valence-electron chi connectivity index (χ2n) is 8.47. The van der Waals surface area contributed by atoms with Gasteiger partial charge >= 0.3 is 0 Å². The van der Waals surface area contributed by atoms with E-state index in [1.54, 1.807) is 48.2 Å². The molecule has 1 N–H and O–H groups in total. The van der Waals surface area contributed by atoms with Gasteiger partial charge in [-0.25, -0.2) is 8.42 Å². The number of sulfonamides is 1. The quantitative estimate of drug-likeness (QED) is 0.410. The number of nitro benzene ring substituents is 1. The van der Waals surface area contributed by atoms with E-state index in [9.17, 15) is 23.3 Å². The van der Waals surface area contributed by atoms with Crippen LogP contribution in [0.1, 0.15) is 21.5 Å². The Labute approximate surface area is 204 Å². The second kappa shape index (κ2) is 9.75. The normalized spacial score (nSPS) is 14.0. The van der Waals surface area contributed by atoms with E-state index in [-0.39, 0.29) is 16.5 Å². The molecule has 35 heavy (non-hydrogen) atoms. The molecule has 182 valence electrons. The number of anilines is 2. The maximum atomic E-state index is 13.3. The molecule has 1 aliphatic rings. The first-order valence-corrected chi connectivity index (χ1v) is 12.6. The van der Waals surface area contributed by atoms with Crippen LogP contribution in [0.5, 0.6) is 0 Å². The summed E-state index contributed by atoms with van der Waals surface area (Å²) in [5.74, 6) is -0.267. The predicted molar refractivity (Wildman–Crippen MR) is 134 cm³/mol. The number of benzene rings is 3. The van der Waals surface area contributed by atoms with Crippen LogP contribution in [0.4, 0.5) is 17.1 Å². The Morgan fingerprint density at radius 1 is 0.943 bits per heavy atom. The maximum absolute atomic E-state index is 13.3. The molecule has 10 heteroatoms. The topological polar surface area (TPSA) is 113 Å². The van der Waals surface area contributed by atoms with Crippen LogP contribution >= 0.6 is 0 Å². The summed E-state index contributed by atoms with van der Waals surface area (Å²) >= 11 is 0. The summed E-state index contributed by atoms with van der Waals surface area (Å²) in [6.07, 6.45) is 0. The third-order valence-corrected chi connectivity index (χ3v) is 7.42. The number of amides is 1. The molecule has 4 rings (SSSR count). The monoisotopic (exact) mass is 494 g/mol. The number of rotatable bonds is 6. The van der Waals surface area contributed by atoms with Crippen LogP contribution in [-0.2, 0) is 10.0 Å². The van der Waals surface area contributed by atoms with Gasteiger partial charge in [-0.3, -0.25) is 19.6 Å². The Morgan fingerprint density at radius 3 is 2.26 bits per heavy atom. The zero-order valence-corrected chi connectivity index (χ0v) is 20.3. The van der Waals surface area contributed by atoms with Gasteiger partial charge in [0.15, 0.2) is 0 Å². The molecule has 0 saturated carbocycles. The number of piperazine rings is 1. The molecular weight excluding hydrogens is 468 g/mol. The minimum Gasteiger partial charge on any atom is -0.362 e. The van der Waals surface area contributed by atoms with Crippen molar-refractivity contribution in [3.8, 4) is 0 Å². The van der Waals surface area contributed by atoms with Crippen LogP contribution in [0.3, 0.4) is 0 Å². The van der Waals surface area contributed by atoms with Crippen molar-refractivity contribution >= 4 is 33.0 Å². The number of carbonyl (C=O) groups is 1. The lowest BCUT2D eigenvalue weighted by Gasteiger charge is -2.36. The SMILES string of the molecule is Cc1ccc(NS(=O)(=O)c2ccc(C)c(C(=O)N3CCN(c4ccccc4[N+](=O)[O-])CC3)c2)cc1. The lowest BCUT2D eigenvalue weighted by Crippen LogP contribution is -2.49. The highest BCUT2D eigenvalue weighted by Crippen LogP contribution is 2.29. The molecule has 0 aromatic heterocycles. The third-order valence-electron chi connectivity index (χ3n) is 6.04. The van der Waals surface area contributed by atoms with Gasteiger partial charge in [0.2, 0.25) is 0 Å². The number of nitrogens with zero attached hydrogens (tertiary/aromatic N) is 3. The van der Waals surface area contributed by atoms with Crippen molar-refractivity contribution < 1.29 is 18.1 Å². The van der Waals surface area contributed by atoms with Gasteiger partial charge in [0.1, 0.15) is 5.69 Å². The smallest absolute Gasteiger partial charge is 0.292 e. The molecular formula is C25H26N4O5S. The largest absolute Gasteiger partial charge is 0.362 e. The maximum Gasteiger partial charge on any atom is 0.292 e. The molecule has 1 amide bonds. The number of hydrogen-bond acceptors (Lipinski definition) is 6. The fraction of sp³-hybridized carbons (Fsp3) is 0.240. The van der Waals surface area contributed by atoms with Gasteiger partial charge in [-0.1, -0.05) is 35.9 Å². The van der Waals surface area contributed by atoms with Crippen molar-refractivity contribution in [1.82, 2.24) is 4.90 Å². The first-order valence-electron chi connectivity index (χ1n) is 11.1. The van der Waals surface area contributed by atoms with E-state index in [1.165, 1.54) is 18.2 Å². The molecule has 0 spiro atoms. The molecule has 3 aromatic rings. The Morgan fingerprint density at radius 2 is 1.60 bits per heavy atom. The average molecular weight is 495 g/mol. The van der Waals surface area contributed by atoms with Gasteiger partial charge in [-0.2, -0.15) is 0 Å². The van der Waals surface area contributed by atoms with Crippen molar-refractivity contribution in [3.05, 3.63) is 93.5 Å². The van der Waals surface area contributed by atoms with E-state index < -0.39 is 14.9 Å². The summed E-state index contributed by atoms with van der Waals surface area (Å²) in [6, 6.07) is 18.0. The fourth-order valence-corrected chi connectivity index (χ4v) is 5.13. The van der Waals surface area contributed by atoms with Crippen LogP contribution in [0.25, 0.3) is 0 Å². The first kappa shape index (κ1) is 24.2.